The number of anilines is 1. The molecule has 0 saturated carbocycles. The molecule has 50 heavy (non-hydrogen) atoms. The van der Waals surface area contributed by atoms with Crippen molar-refractivity contribution in [1.82, 2.24) is 20.4 Å². The molecule has 3 N–H and O–H groups in total. The number of carbonyl (C=O) groups is 5. The first-order valence-corrected chi connectivity index (χ1v) is 16.9. The molecule has 2 saturated heterocycles. The Balaban J connectivity index is 1.37. The molecular formula is C38H47N5O7. The van der Waals surface area contributed by atoms with Crippen LogP contribution in [0.1, 0.15) is 53.5 Å². The van der Waals surface area contributed by atoms with Gasteiger partial charge in [0.05, 0.1) is 18.0 Å². The van der Waals surface area contributed by atoms with Crippen LogP contribution in [-0.2, 0) is 30.5 Å². The number of amides is 5. The Morgan fingerprint density at radius 1 is 0.840 bits per heavy atom. The summed E-state index contributed by atoms with van der Waals surface area (Å²) in [7, 11) is 0. The van der Waals surface area contributed by atoms with E-state index in [4.69, 9.17) is 9.47 Å². The summed E-state index contributed by atoms with van der Waals surface area (Å²) < 4.78 is 10.8. The standard InChI is InChI=1S/C38H47N5O7/c1-37(2,3)32(41-36(48)50-38(4,5)6)34(46)42-20-19-29-31(42)27(33(45)40-28-18-12-16-25-15-10-11-17-26(25)28)22-43(29)30(44)21-39-35(47)49-23-24-13-8-7-9-14-24/h7-18,27,29,31-32H,19-23H2,1-6H3,(H,39,47)(H,40,45)(H,41,48)/t27-,29+,31+,32+/m0/s1. The first kappa shape index (κ1) is 36.2. The number of hydrogen-bond donors (Lipinski definition) is 3. The molecule has 2 aliphatic heterocycles. The maximum absolute atomic E-state index is 14.4. The molecule has 266 valence electrons. The molecule has 0 radical (unpaired) electrons. The van der Waals surface area contributed by atoms with Gasteiger partial charge in [-0.05, 0) is 49.6 Å². The molecule has 12 heteroatoms. The number of likely N-dealkylation sites (tertiary alicyclic amines) is 2. The fraction of sp³-hybridized carbons (Fsp3) is 0.447. The van der Waals surface area contributed by atoms with Crippen molar-refractivity contribution in [2.45, 2.75) is 78.3 Å². The number of fused-ring (bicyclic) bond motifs is 2. The van der Waals surface area contributed by atoms with Crippen LogP contribution in [-0.4, -0.2) is 83.1 Å². The van der Waals surface area contributed by atoms with E-state index in [1.807, 2.05) is 93.6 Å². The molecule has 2 aliphatic rings. The zero-order valence-corrected chi connectivity index (χ0v) is 29.5. The highest BCUT2D eigenvalue weighted by atomic mass is 16.6. The van der Waals surface area contributed by atoms with Gasteiger partial charge in [-0.15, -0.1) is 0 Å². The number of carbonyl (C=O) groups excluding carboxylic acids is 5. The Bertz CT molecular complexity index is 1730. The molecule has 5 rings (SSSR count). The van der Waals surface area contributed by atoms with Crippen LogP contribution in [0.2, 0.25) is 0 Å². The molecule has 5 amide bonds. The molecule has 0 unspecified atom stereocenters. The summed E-state index contributed by atoms with van der Waals surface area (Å²) in [4.78, 5) is 70.7. The average molecular weight is 686 g/mol. The van der Waals surface area contributed by atoms with Crippen LogP contribution in [0.5, 0.6) is 0 Å². The fourth-order valence-electron chi connectivity index (χ4n) is 6.68. The van der Waals surface area contributed by atoms with E-state index >= 15 is 0 Å². The van der Waals surface area contributed by atoms with Gasteiger partial charge in [-0.2, -0.15) is 0 Å². The molecule has 2 fully saturated rings. The second-order valence-corrected chi connectivity index (χ2v) is 14.9. The van der Waals surface area contributed by atoms with Crippen molar-refractivity contribution < 1.29 is 33.4 Å². The molecule has 0 bridgehead atoms. The summed E-state index contributed by atoms with van der Waals surface area (Å²) in [5.41, 5.74) is -0.0487. The van der Waals surface area contributed by atoms with Crippen molar-refractivity contribution >= 4 is 46.4 Å². The van der Waals surface area contributed by atoms with Gasteiger partial charge in [-0.25, -0.2) is 9.59 Å². The summed E-state index contributed by atoms with van der Waals surface area (Å²) in [6.45, 7) is 10.8. The van der Waals surface area contributed by atoms with E-state index in [0.717, 1.165) is 16.3 Å². The lowest BCUT2D eigenvalue weighted by molar-refractivity contribution is -0.138. The third-order valence-corrected chi connectivity index (χ3v) is 8.98. The molecule has 0 spiro atoms. The summed E-state index contributed by atoms with van der Waals surface area (Å²) >= 11 is 0. The highest BCUT2D eigenvalue weighted by molar-refractivity contribution is 6.03. The van der Waals surface area contributed by atoms with Gasteiger partial charge in [0.2, 0.25) is 17.7 Å². The predicted molar refractivity (Wildman–Crippen MR) is 189 cm³/mol. The van der Waals surface area contributed by atoms with Crippen molar-refractivity contribution in [1.29, 1.82) is 0 Å². The number of benzene rings is 3. The average Bonchev–Trinajstić information content (AvgIpc) is 3.65. The minimum Gasteiger partial charge on any atom is -0.445 e. The summed E-state index contributed by atoms with van der Waals surface area (Å²) in [5.74, 6) is -1.89. The zero-order chi connectivity index (χ0) is 36.2. The molecule has 2 heterocycles. The lowest BCUT2D eigenvalue weighted by atomic mass is 9.85. The van der Waals surface area contributed by atoms with Gasteiger partial charge < -0.3 is 35.2 Å². The van der Waals surface area contributed by atoms with E-state index in [0.29, 0.717) is 12.1 Å². The second-order valence-electron chi connectivity index (χ2n) is 14.9. The van der Waals surface area contributed by atoms with E-state index in [1.165, 1.54) is 0 Å². The lowest BCUT2D eigenvalue weighted by Crippen LogP contribution is -2.58. The smallest absolute Gasteiger partial charge is 0.408 e. The van der Waals surface area contributed by atoms with Crippen molar-refractivity contribution in [2.75, 3.05) is 25.0 Å². The molecule has 4 atom stereocenters. The van der Waals surface area contributed by atoms with E-state index in [2.05, 4.69) is 16.0 Å². The van der Waals surface area contributed by atoms with Gasteiger partial charge >= 0.3 is 12.2 Å². The van der Waals surface area contributed by atoms with Crippen LogP contribution in [0.3, 0.4) is 0 Å². The minimum atomic E-state index is -0.969. The third-order valence-electron chi connectivity index (χ3n) is 8.98. The SMILES string of the molecule is CC(C)(C)OC(=O)N[C@H](C(=O)N1CC[C@@H]2[C@H]1[C@@H](C(=O)Nc1cccc3ccccc13)CN2C(=O)CNC(=O)OCc1ccccc1)C(C)(C)C. The van der Waals surface area contributed by atoms with Crippen LogP contribution in [0.25, 0.3) is 10.8 Å². The fourth-order valence-corrected chi connectivity index (χ4v) is 6.68. The Labute approximate surface area is 292 Å². The van der Waals surface area contributed by atoms with Crippen molar-refractivity contribution in [2.24, 2.45) is 11.3 Å². The maximum atomic E-state index is 14.4. The van der Waals surface area contributed by atoms with Gasteiger partial charge in [0.15, 0.2) is 0 Å². The summed E-state index contributed by atoms with van der Waals surface area (Å²) in [6, 6.07) is 20.4. The molecule has 0 aromatic heterocycles. The van der Waals surface area contributed by atoms with Gasteiger partial charge in [0, 0.05) is 24.2 Å². The van der Waals surface area contributed by atoms with Crippen LogP contribution in [0.15, 0.2) is 72.8 Å². The Morgan fingerprint density at radius 3 is 2.22 bits per heavy atom. The lowest BCUT2D eigenvalue weighted by Gasteiger charge is -2.37. The number of ether oxygens (including phenoxy) is 2. The molecule has 3 aromatic carbocycles. The van der Waals surface area contributed by atoms with Gasteiger partial charge in [-0.1, -0.05) is 87.5 Å². The highest BCUT2D eigenvalue weighted by Crippen LogP contribution is 2.38. The van der Waals surface area contributed by atoms with E-state index in [-0.39, 0.29) is 38.1 Å². The first-order chi connectivity index (χ1) is 23.6. The molecule has 12 nitrogen and oxygen atoms in total. The summed E-state index contributed by atoms with van der Waals surface area (Å²) in [6.07, 6.45) is -1.05. The van der Waals surface area contributed by atoms with Crippen molar-refractivity contribution in [3.05, 3.63) is 78.4 Å². The Kier molecular flexibility index (Phi) is 10.7. The first-order valence-electron chi connectivity index (χ1n) is 16.9. The van der Waals surface area contributed by atoms with Crippen LogP contribution >= 0.6 is 0 Å². The number of hydrogen-bond acceptors (Lipinski definition) is 7. The highest BCUT2D eigenvalue weighted by Gasteiger charge is 2.55. The van der Waals surface area contributed by atoms with E-state index in [1.54, 1.807) is 30.6 Å². The molecular weight excluding hydrogens is 638 g/mol. The largest absolute Gasteiger partial charge is 0.445 e. The Morgan fingerprint density at radius 2 is 1.52 bits per heavy atom. The van der Waals surface area contributed by atoms with Crippen LogP contribution in [0.4, 0.5) is 15.3 Å². The second kappa shape index (κ2) is 14.8. The predicted octanol–water partition coefficient (Wildman–Crippen LogP) is 5.07. The zero-order valence-electron chi connectivity index (χ0n) is 29.5. The van der Waals surface area contributed by atoms with Crippen LogP contribution < -0.4 is 16.0 Å². The van der Waals surface area contributed by atoms with Gasteiger partial charge in [-0.3, -0.25) is 14.4 Å². The Hall–Kier alpha value is -5.13. The third kappa shape index (κ3) is 8.53. The number of alkyl carbamates (subject to hydrolysis) is 2. The summed E-state index contributed by atoms with van der Waals surface area (Å²) in [5, 5.41) is 10.2. The molecule has 0 aliphatic carbocycles. The molecule has 3 aromatic rings. The monoisotopic (exact) mass is 685 g/mol. The van der Waals surface area contributed by atoms with Gasteiger partial charge in [0.25, 0.3) is 0 Å². The van der Waals surface area contributed by atoms with Crippen LogP contribution in [0, 0.1) is 11.3 Å². The number of nitrogens with one attached hydrogen (secondary N) is 3. The van der Waals surface area contributed by atoms with E-state index < -0.39 is 53.2 Å². The normalized spacial score (nSPS) is 19.4. The number of nitrogens with zero attached hydrogens (tertiary/aromatic N) is 2. The topological polar surface area (TPSA) is 146 Å². The van der Waals surface area contributed by atoms with Crippen molar-refractivity contribution in [3.8, 4) is 0 Å². The maximum Gasteiger partial charge on any atom is 0.408 e. The number of rotatable bonds is 8. The minimum absolute atomic E-state index is 0.0367. The van der Waals surface area contributed by atoms with Crippen molar-refractivity contribution in [3.63, 3.8) is 0 Å². The quantitative estimate of drug-likeness (QED) is 0.300. The van der Waals surface area contributed by atoms with Gasteiger partial charge in [0.1, 0.15) is 24.8 Å². The van der Waals surface area contributed by atoms with E-state index in [9.17, 15) is 24.0 Å².